The van der Waals surface area contributed by atoms with E-state index in [4.69, 9.17) is 10.5 Å². The van der Waals surface area contributed by atoms with Crippen LogP contribution in [0.2, 0.25) is 0 Å². The van der Waals surface area contributed by atoms with E-state index in [1.54, 1.807) is 19.2 Å². The lowest BCUT2D eigenvalue weighted by Crippen LogP contribution is -2.36. The SMILES string of the molecule is COCCC(N)CN(C)c1ccc(F)cc1. The summed E-state index contributed by atoms with van der Waals surface area (Å²) in [5.74, 6) is -0.221. The molecule has 0 amide bonds. The molecule has 16 heavy (non-hydrogen) atoms. The predicted octanol–water partition coefficient (Wildman–Crippen LogP) is 1.63. The van der Waals surface area contributed by atoms with Gasteiger partial charge in [0.15, 0.2) is 0 Å². The van der Waals surface area contributed by atoms with Gasteiger partial charge in [-0.1, -0.05) is 0 Å². The molecular weight excluding hydrogens is 207 g/mol. The number of anilines is 1. The van der Waals surface area contributed by atoms with Gasteiger partial charge in [-0.25, -0.2) is 4.39 Å². The second kappa shape index (κ2) is 6.45. The fraction of sp³-hybridized carbons (Fsp3) is 0.500. The van der Waals surface area contributed by atoms with E-state index in [2.05, 4.69) is 0 Å². The molecule has 0 aliphatic heterocycles. The zero-order valence-electron chi connectivity index (χ0n) is 9.82. The number of hydrogen-bond acceptors (Lipinski definition) is 3. The maximum atomic E-state index is 12.7. The molecule has 0 spiro atoms. The Morgan fingerprint density at radius 3 is 2.56 bits per heavy atom. The molecular formula is C12H19FN2O. The van der Waals surface area contributed by atoms with Crippen LogP contribution in [0.4, 0.5) is 10.1 Å². The molecule has 1 unspecified atom stereocenters. The van der Waals surface area contributed by atoms with Crippen molar-refractivity contribution in [2.24, 2.45) is 5.73 Å². The van der Waals surface area contributed by atoms with Crippen LogP contribution >= 0.6 is 0 Å². The quantitative estimate of drug-likeness (QED) is 0.801. The number of benzene rings is 1. The average molecular weight is 226 g/mol. The maximum absolute atomic E-state index is 12.7. The molecule has 0 saturated heterocycles. The van der Waals surface area contributed by atoms with E-state index in [1.807, 2.05) is 11.9 Å². The minimum atomic E-state index is -0.221. The Labute approximate surface area is 96.0 Å². The second-order valence-corrected chi connectivity index (χ2v) is 3.90. The third-order valence-electron chi connectivity index (χ3n) is 2.47. The van der Waals surface area contributed by atoms with E-state index in [0.29, 0.717) is 6.61 Å². The zero-order chi connectivity index (χ0) is 12.0. The molecule has 90 valence electrons. The molecule has 0 fully saturated rings. The van der Waals surface area contributed by atoms with Crippen molar-refractivity contribution in [2.75, 3.05) is 32.2 Å². The van der Waals surface area contributed by atoms with Gasteiger partial charge in [0.25, 0.3) is 0 Å². The van der Waals surface area contributed by atoms with Crippen LogP contribution in [-0.2, 0) is 4.74 Å². The van der Waals surface area contributed by atoms with Crippen LogP contribution in [-0.4, -0.2) is 33.4 Å². The molecule has 0 radical (unpaired) electrons. The van der Waals surface area contributed by atoms with Gasteiger partial charge >= 0.3 is 0 Å². The topological polar surface area (TPSA) is 38.5 Å². The van der Waals surface area contributed by atoms with Crippen molar-refractivity contribution in [3.05, 3.63) is 30.1 Å². The fourth-order valence-corrected chi connectivity index (χ4v) is 1.51. The van der Waals surface area contributed by atoms with Gasteiger partial charge in [0.2, 0.25) is 0 Å². The third-order valence-corrected chi connectivity index (χ3v) is 2.47. The number of ether oxygens (including phenoxy) is 1. The van der Waals surface area contributed by atoms with Crippen LogP contribution in [0.1, 0.15) is 6.42 Å². The Bertz CT molecular complexity index is 302. The Morgan fingerprint density at radius 1 is 1.38 bits per heavy atom. The van der Waals surface area contributed by atoms with Gasteiger partial charge in [-0.2, -0.15) is 0 Å². The normalized spacial score (nSPS) is 12.5. The van der Waals surface area contributed by atoms with Gasteiger partial charge < -0.3 is 15.4 Å². The van der Waals surface area contributed by atoms with Gasteiger partial charge in [0, 0.05) is 39.0 Å². The Morgan fingerprint density at radius 2 is 2.00 bits per heavy atom. The third kappa shape index (κ3) is 4.16. The number of nitrogens with zero attached hydrogens (tertiary/aromatic N) is 1. The second-order valence-electron chi connectivity index (χ2n) is 3.90. The zero-order valence-corrected chi connectivity index (χ0v) is 9.82. The summed E-state index contributed by atoms with van der Waals surface area (Å²) in [7, 11) is 3.61. The van der Waals surface area contributed by atoms with E-state index >= 15 is 0 Å². The minimum Gasteiger partial charge on any atom is -0.385 e. The monoisotopic (exact) mass is 226 g/mol. The summed E-state index contributed by atoms with van der Waals surface area (Å²) in [6, 6.07) is 6.46. The van der Waals surface area contributed by atoms with Gasteiger partial charge in [-0.15, -0.1) is 0 Å². The van der Waals surface area contributed by atoms with Crippen molar-refractivity contribution in [3.8, 4) is 0 Å². The highest BCUT2D eigenvalue weighted by atomic mass is 19.1. The van der Waals surface area contributed by atoms with Gasteiger partial charge in [-0.3, -0.25) is 0 Å². The first-order valence-corrected chi connectivity index (χ1v) is 5.34. The number of likely N-dealkylation sites (N-methyl/N-ethyl adjacent to an activating group) is 1. The van der Waals surface area contributed by atoms with E-state index in [1.165, 1.54) is 12.1 Å². The van der Waals surface area contributed by atoms with Gasteiger partial charge in [0.05, 0.1) is 0 Å². The molecule has 3 nitrogen and oxygen atoms in total. The van der Waals surface area contributed by atoms with Crippen LogP contribution in [0.3, 0.4) is 0 Å². The lowest BCUT2D eigenvalue weighted by Gasteiger charge is -2.23. The molecule has 1 aromatic rings. The highest BCUT2D eigenvalue weighted by Crippen LogP contribution is 2.13. The predicted molar refractivity (Wildman–Crippen MR) is 64.1 cm³/mol. The van der Waals surface area contributed by atoms with Crippen LogP contribution in [0.5, 0.6) is 0 Å². The molecule has 2 N–H and O–H groups in total. The van der Waals surface area contributed by atoms with Crippen LogP contribution in [0, 0.1) is 5.82 Å². The van der Waals surface area contributed by atoms with Crippen molar-refractivity contribution in [3.63, 3.8) is 0 Å². The van der Waals surface area contributed by atoms with Crippen LogP contribution < -0.4 is 10.6 Å². The smallest absolute Gasteiger partial charge is 0.123 e. The summed E-state index contributed by atoms with van der Waals surface area (Å²) in [5, 5.41) is 0. The Kier molecular flexibility index (Phi) is 5.22. The molecule has 0 bridgehead atoms. The lowest BCUT2D eigenvalue weighted by atomic mass is 10.2. The number of hydrogen-bond donors (Lipinski definition) is 1. The molecule has 0 aliphatic carbocycles. The van der Waals surface area contributed by atoms with Crippen molar-refractivity contribution in [1.82, 2.24) is 0 Å². The average Bonchev–Trinajstić information content (AvgIpc) is 2.27. The van der Waals surface area contributed by atoms with E-state index in [9.17, 15) is 4.39 Å². The number of nitrogens with two attached hydrogens (primary N) is 1. The molecule has 0 aliphatic rings. The van der Waals surface area contributed by atoms with E-state index in [-0.39, 0.29) is 11.9 Å². The summed E-state index contributed by atoms with van der Waals surface area (Å²) in [6.07, 6.45) is 0.821. The molecule has 1 rings (SSSR count). The summed E-state index contributed by atoms with van der Waals surface area (Å²) in [4.78, 5) is 2.01. The number of rotatable bonds is 6. The first-order chi connectivity index (χ1) is 7.63. The molecule has 1 atom stereocenters. The summed E-state index contributed by atoms with van der Waals surface area (Å²) >= 11 is 0. The van der Waals surface area contributed by atoms with Crippen molar-refractivity contribution in [1.29, 1.82) is 0 Å². The molecule has 1 aromatic carbocycles. The van der Waals surface area contributed by atoms with Crippen LogP contribution in [0.15, 0.2) is 24.3 Å². The van der Waals surface area contributed by atoms with E-state index < -0.39 is 0 Å². The Balaban J connectivity index is 2.45. The molecule has 0 aromatic heterocycles. The van der Waals surface area contributed by atoms with Gasteiger partial charge in [-0.05, 0) is 30.7 Å². The summed E-state index contributed by atoms with van der Waals surface area (Å²) < 4.78 is 17.7. The standard InChI is InChI=1S/C12H19FN2O/c1-15(9-11(14)7-8-16-2)12-5-3-10(13)4-6-12/h3-6,11H,7-9,14H2,1-2H3. The molecule has 4 heteroatoms. The highest BCUT2D eigenvalue weighted by molar-refractivity contribution is 5.45. The molecule has 0 saturated carbocycles. The Hall–Kier alpha value is -1.13. The first kappa shape index (κ1) is 12.9. The van der Waals surface area contributed by atoms with E-state index in [0.717, 1.165) is 18.7 Å². The number of halogens is 1. The van der Waals surface area contributed by atoms with Crippen molar-refractivity contribution >= 4 is 5.69 Å². The fourth-order valence-electron chi connectivity index (χ4n) is 1.51. The molecule has 0 heterocycles. The summed E-state index contributed by atoms with van der Waals surface area (Å²) in [5.41, 5.74) is 6.90. The number of methoxy groups -OCH3 is 1. The lowest BCUT2D eigenvalue weighted by molar-refractivity contribution is 0.188. The van der Waals surface area contributed by atoms with Crippen molar-refractivity contribution < 1.29 is 9.13 Å². The van der Waals surface area contributed by atoms with Crippen LogP contribution in [0.25, 0.3) is 0 Å². The van der Waals surface area contributed by atoms with Gasteiger partial charge in [0.1, 0.15) is 5.82 Å². The maximum Gasteiger partial charge on any atom is 0.123 e. The minimum absolute atomic E-state index is 0.0648. The largest absolute Gasteiger partial charge is 0.385 e. The highest BCUT2D eigenvalue weighted by Gasteiger charge is 2.07. The van der Waals surface area contributed by atoms with Crippen molar-refractivity contribution in [2.45, 2.75) is 12.5 Å². The first-order valence-electron chi connectivity index (χ1n) is 5.34. The summed E-state index contributed by atoms with van der Waals surface area (Å²) in [6.45, 7) is 1.40.